The van der Waals surface area contributed by atoms with Gasteiger partial charge < -0.3 is 10.2 Å². The molecule has 1 N–H and O–H groups in total. The van der Waals surface area contributed by atoms with Gasteiger partial charge in [-0.3, -0.25) is 9.69 Å². The second-order valence-electron chi connectivity index (χ2n) is 9.05. The number of hydrogen-bond acceptors (Lipinski definition) is 3. The SMILES string of the molecule is O=C(N[C@@H]1C[C@@H]2CC[C@H]1C2)c1ccc(CN2CCN(c3ccccc3)CC2)cc1. The molecule has 4 heteroatoms. The molecule has 0 unspecified atom stereocenters. The van der Waals surface area contributed by atoms with Gasteiger partial charge >= 0.3 is 0 Å². The highest BCUT2D eigenvalue weighted by molar-refractivity contribution is 5.94. The van der Waals surface area contributed by atoms with Gasteiger partial charge in [-0.2, -0.15) is 0 Å². The number of nitrogens with zero attached hydrogens (tertiary/aromatic N) is 2. The highest BCUT2D eigenvalue weighted by atomic mass is 16.1. The molecule has 2 aliphatic carbocycles. The molecule has 5 rings (SSSR count). The van der Waals surface area contributed by atoms with Crippen molar-refractivity contribution in [3.8, 4) is 0 Å². The smallest absolute Gasteiger partial charge is 0.251 e. The third-order valence-corrected chi connectivity index (χ3v) is 7.17. The Labute approximate surface area is 173 Å². The Hall–Kier alpha value is -2.33. The molecule has 1 amide bonds. The van der Waals surface area contributed by atoms with Crippen molar-refractivity contribution in [1.82, 2.24) is 10.2 Å². The minimum atomic E-state index is 0.102. The van der Waals surface area contributed by atoms with Gasteiger partial charge in [0.25, 0.3) is 5.91 Å². The first-order valence-corrected chi connectivity index (χ1v) is 11.2. The average Bonchev–Trinajstić information content (AvgIpc) is 3.39. The van der Waals surface area contributed by atoms with E-state index >= 15 is 0 Å². The van der Waals surface area contributed by atoms with Crippen LogP contribution in [0.3, 0.4) is 0 Å². The highest BCUT2D eigenvalue weighted by Gasteiger charge is 2.40. The Kier molecular flexibility index (Phi) is 5.28. The van der Waals surface area contributed by atoms with E-state index in [4.69, 9.17) is 0 Å². The van der Waals surface area contributed by atoms with Gasteiger partial charge in [0.15, 0.2) is 0 Å². The van der Waals surface area contributed by atoms with E-state index in [-0.39, 0.29) is 5.91 Å². The van der Waals surface area contributed by atoms with Crippen LogP contribution in [0.1, 0.15) is 41.6 Å². The number of benzene rings is 2. The van der Waals surface area contributed by atoms with Gasteiger partial charge in [-0.05, 0) is 60.9 Å². The van der Waals surface area contributed by atoms with Gasteiger partial charge in [-0.25, -0.2) is 0 Å². The van der Waals surface area contributed by atoms with E-state index in [0.29, 0.717) is 6.04 Å². The van der Waals surface area contributed by atoms with Gasteiger partial charge in [0, 0.05) is 50.0 Å². The molecule has 152 valence electrons. The van der Waals surface area contributed by atoms with Crippen LogP contribution in [0.25, 0.3) is 0 Å². The molecule has 4 nitrogen and oxygen atoms in total. The molecule has 0 radical (unpaired) electrons. The number of carbonyl (C=O) groups excluding carboxylic acids is 1. The molecule has 1 saturated heterocycles. The summed E-state index contributed by atoms with van der Waals surface area (Å²) in [5.41, 5.74) is 3.40. The van der Waals surface area contributed by atoms with Crippen molar-refractivity contribution in [3.63, 3.8) is 0 Å². The number of carbonyl (C=O) groups is 1. The van der Waals surface area contributed by atoms with Crippen LogP contribution in [0.2, 0.25) is 0 Å². The second-order valence-corrected chi connectivity index (χ2v) is 9.05. The topological polar surface area (TPSA) is 35.6 Å². The van der Waals surface area contributed by atoms with Crippen molar-refractivity contribution in [3.05, 3.63) is 65.7 Å². The maximum absolute atomic E-state index is 12.6. The minimum absolute atomic E-state index is 0.102. The van der Waals surface area contributed by atoms with Crippen LogP contribution in [-0.4, -0.2) is 43.0 Å². The molecule has 0 aromatic heterocycles. The average molecular weight is 390 g/mol. The minimum Gasteiger partial charge on any atom is -0.369 e. The monoisotopic (exact) mass is 389 g/mol. The summed E-state index contributed by atoms with van der Waals surface area (Å²) in [5, 5.41) is 3.29. The van der Waals surface area contributed by atoms with Crippen LogP contribution >= 0.6 is 0 Å². The van der Waals surface area contributed by atoms with Crippen LogP contribution in [0, 0.1) is 11.8 Å². The lowest BCUT2D eigenvalue weighted by Crippen LogP contribution is -2.45. The lowest BCUT2D eigenvalue weighted by atomic mass is 9.95. The number of hydrogen-bond donors (Lipinski definition) is 1. The molecule has 3 fully saturated rings. The summed E-state index contributed by atoms with van der Waals surface area (Å²) >= 11 is 0. The maximum Gasteiger partial charge on any atom is 0.251 e. The Morgan fingerprint density at radius 3 is 2.31 bits per heavy atom. The van der Waals surface area contributed by atoms with E-state index in [9.17, 15) is 4.79 Å². The van der Waals surface area contributed by atoms with Crippen molar-refractivity contribution in [1.29, 1.82) is 0 Å². The molecular formula is C25H31N3O. The zero-order valence-corrected chi connectivity index (χ0v) is 17.1. The van der Waals surface area contributed by atoms with Gasteiger partial charge in [0.05, 0.1) is 0 Å². The van der Waals surface area contributed by atoms with Crippen LogP contribution < -0.4 is 10.2 Å². The summed E-state index contributed by atoms with van der Waals surface area (Å²) in [6, 6.07) is 19.3. The van der Waals surface area contributed by atoms with E-state index in [0.717, 1.165) is 50.1 Å². The second kappa shape index (κ2) is 8.19. The summed E-state index contributed by atoms with van der Waals surface area (Å²) in [6.07, 6.45) is 5.17. The lowest BCUT2D eigenvalue weighted by molar-refractivity contribution is 0.0923. The molecule has 1 heterocycles. The standard InChI is InChI=1S/C25H31N3O/c29-25(26-24-17-20-8-11-22(24)16-20)21-9-6-19(7-10-21)18-27-12-14-28(15-13-27)23-4-2-1-3-5-23/h1-7,9-10,20,22,24H,8,11-18H2,(H,26,29)/t20-,22+,24-/m1/s1. The summed E-state index contributed by atoms with van der Waals surface area (Å²) in [5.74, 6) is 1.68. The van der Waals surface area contributed by atoms with Crippen LogP contribution in [0.15, 0.2) is 54.6 Å². The number of anilines is 1. The Morgan fingerprint density at radius 1 is 0.897 bits per heavy atom. The first kappa shape index (κ1) is 18.7. The van der Waals surface area contributed by atoms with Crippen molar-refractivity contribution in [2.24, 2.45) is 11.8 Å². The molecule has 3 atom stereocenters. The van der Waals surface area contributed by atoms with Crippen LogP contribution in [0.4, 0.5) is 5.69 Å². The van der Waals surface area contributed by atoms with Gasteiger partial charge in [0.1, 0.15) is 0 Å². The normalized spacial score (nSPS) is 26.6. The number of nitrogens with one attached hydrogen (secondary N) is 1. The van der Waals surface area contributed by atoms with Crippen LogP contribution in [0.5, 0.6) is 0 Å². The molecule has 2 aromatic rings. The molecule has 29 heavy (non-hydrogen) atoms. The zero-order chi connectivity index (χ0) is 19.6. The lowest BCUT2D eigenvalue weighted by Gasteiger charge is -2.36. The van der Waals surface area contributed by atoms with E-state index in [1.165, 1.54) is 36.9 Å². The predicted octanol–water partition coefficient (Wildman–Crippen LogP) is 3.93. The highest BCUT2D eigenvalue weighted by Crippen LogP contribution is 2.44. The summed E-state index contributed by atoms with van der Waals surface area (Å²) < 4.78 is 0. The van der Waals surface area contributed by atoms with E-state index in [1.807, 2.05) is 12.1 Å². The fourth-order valence-electron chi connectivity index (χ4n) is 5.50. The Morgan fingerprint density at radius 2 is 1.66 bits per heavy atom. The first-order chi connectivity index (χ1) is 14.2. The van der Waals surface area contributed by atoms with E-state index < -0.39 is 0 Å². The van der Waals surface area contributed by atoms with Gasteiger partial charge in [-0.15, -0.1) is 0 Å². The van der Waals surface area contributed by atoms with Crippen LogP contribution in [-0.2, 0) is 6.54 Å². The van der Waals surface area contributed by atoms with Crippen molar-refractivity contribution >= 4 is 11.6 Å². The van der Waals surface area contributed by atoms with Crippen molar-refractivity contribution in [2.45, 2.75) is 38.3 Å². The number of rotatable bonds is 5. The number of fused-ring (bicyclic) bond motifs is 2. The van der Waals surface area contributed by atoms with Crippen molar-refractivity contribution < 1.29 is 4.79 Å². The zero-order valence-electron chi connectivity index (χ0n) is 17.1. The summed E-state index contributed by atoms with van der Waals surface area (Å²) in [7, 11) is 0. The third kappa shape index (κ3) is 4.18. The molecule has 3 aliphatic rings. The fraction of sp³-hybridized carbons (Fsp3) is 0.480. The third-order valence-electron chi connectivity index (χ3n) is 7.17. The van der Waals surface area contributed by atoms with E-state index in [2.05, 4.69) is 57.6 Å². The molecule has 0 spiro atoms. The number of piperazine rings is 1. The van der Waals surface area contributed by atoms with Crippen molar-refractivity contribution in [2.75, 3.05) is 31.1 Å². The Balaban J connectivity index is 1.12. The summed E-state index contributed by atoms with van der Waals surface area (Å²) in [4.78, 5) is 17.6. The summed E-state index contributed by atoms with van der Waals surface area (Å²) in [6.45, 7) is 5.22. The Bertz CT molecular complexity index is 827. The van der Waals surface area contributed by atoms with Gasteiger partial charge in [-0.1, -0.05) is 36.8 Å². The maximum atomic E-state index is 12.6. The van der Waals surface area contributed by atoms with Gasteiger partial charge in [0.2, 0.25) is 0 Å². The molecule has 1 aliphatic heterocycles. The van der Waals surface area contributed by atoms with E-state index in [1.54, 1.807) is 0 Å². The first-order valence-electron chi connectivity index (χ1n) is 11.2. The molecule has 2 bridgehead atoms. The predicted molar refractivity (Wildman–Crippen MR) is 117 cm³/mol. The number of amides is 1. The number of para-hydroxylation sites is 1. The molecular weight excluding hydrogens is 358 g/mol. The molecule has 2 aromatic carbocycles. The quantitative estimate of drug-likeness (QED) is 0.842. The fourth-order valence-corrected chi connectivity index (χ4v) is 5.50. The largest absolute Gasteiger partial charge is 0.369 e. The molecule has 2 saturated carbocycles.